The van der Waals surface area contributed by atoms with Crippen molar-refractivity contribution in [3.05, 3.63) is 23.4 Å². The first-order valence-electron chi connectivity index (χ1n) is 3.46. The van der Waals surface area contributed by atoms with Gasteiger partial charge in [-0.3, -0.25) is 0 Å². The highest BCUT2D eigenvalue weighted by atomic mass is 19.4. The summed E-state index contributed by atoms with van der Waals surface area (Å²) in [4.78, 5) is 3.26. The van der Waals surface area contributed by atoms with E-state index in [0.717, 1.165) is 6.07 Å². The molecule has 0 saturated carbocycles. The molecule has 6 heteroatoms. The fourth-order valence-electron chi connectivity index (χ4n) is 0.886. The lowest BCUT2D eigenvalue weighted by atomic mass is 10.2. The van der Waals surface area contributed by atoms with E-state index in [1.54, 1.807) is 0 Å². The fourth-order valence-corrected chi connectivity index (χ4v) is 0.886. The van der Waals surface area contributed by atoms with Crippen LogP contribution in [0.1, 0.15) is 11.3 Å². The topological polar surface area (TPSA) is 50.9 Å². The number of pyridine rings is 1. The molecule has 1 heterocycles. The molecule has 13 heavy (non-hydrogen) atoms. The number of nitrogens with two attached hydrogens (primary N) is 1. The van der Waals surface area contributed by atoms with Crippen molar-refractivity contribution < 1.29 is 13.2 Å². The van der Waals surface area contributed by atoms with E-state index in [1.807, 2.05) is 0 Å². The second-order valence-electron chi connectivity index (χ2n) is 2.56. The Morgan fingerprint density at radius 1 is 1.38 bits per heavy atom. The van der Waals surface area contributed by atoms with E-state index in [-0.39, 0.29) is 5.82 Å². The van der Waals surface area contributed by atoms with Crippen LogP contribution in [0.2, 0.25) is 0 Å². The number of nitrogens with one attached hydrogen (secondary N) is 1. The summed E-state index contributed by atoms with van der Waals surface area (Å²) in [5, 5.41) is 0. The molecule has 1 aromatic rings. The number of aryl methyl sites for hydroxylation is 1. The zero-order valence-electron chi connectivity index (χ0n) is 6.81. The van der Waals surface area contributed by atoms with Crippen LogP contribution in [0, 0.1) is 6.92 Å². The minimum Gasteiger partial charge on any atom is -0.308 e. The Bertz CT molecular complexity index is 308. The van der Waals surface area contributed by atoms with E-state index in [0.29, 0.717) is 5.56 Å². The minimum absolute atomic E-state index is 0.00678. The molecule has 0 amide bonds. The van der Waals surface area contributed by atoms with Crippen molar-refractivity contribution >= 4 is 5.82 Å². The molecular formula is C7H8F3N3. The Kier molecular flexibility index (Phi) is 2.42. The van der Waals surface area contributed by atoms with Crippen LogP contribution in [0.15, 0.2) is 12.1 Å². The molecule has 0 fully saturated rings. The van der Waals surface area contributed by atoms with Crippen LogP contribution in [0.4, 0.5) is 19.0 Å². The number of alkyl halides is 3. The molecule has 0 radical (unpaired) electrons. The van der Waals surface area contributed by atoms with Gasteiger partial charge in [0.2, 0.25) is 0 Å². The highest BCUT2D eigenvalue weighted by molar-refractivity contribution is 5.38. The molecular weight excluding hydrogens is 183 g/mol. The van der Waals surface area contributed by atoms with Gasteiger partial charge in [-0.15, -0.1) is 0 Å². The van der Waals surface area contributed by atoms with Crippen molar-refractivity contribution in [1.29, 1.82) is 0 Å². The van der Waals surface area contributed by atoms with Gasteiger partial charge in [0.15, 0.2) is 0 Å². The third kappa shape index (κ3) is 2.32. The maximum atomic E-state index is 12.2. The smallest absolute Gasteiger partial charge is 0.308 e. The number of nitrogens with zero attached hydrogens (tertiary/aromatic N) is 1. The SMILES string of the molecule is Cc1cc(NN)nc(C(F)(F)F)c1. The van der Waals surface area contributed by atoms with Crippen molar-refractivity contribution in [2.45, 2.75) is 13.1 Å². The van der Waals surface area contributed by atoms with Gasteiger partial charge in [0.05, 0.1) is 0 Å². The monoisotopic (exact) mass is 191 g/mol. The van der Waals surface area contributed by atoms with Crippen molar-refractivity contribution in [3.63, 3.8) is 0 Å². The molecule has 3 nitrogen and oxygen atoms in total. The third-order valence-electron chi connectivity index (χ3n) is 1.41. The third-order valence-corrected chi connectivity index (χ3v) is 1.41. The highest BCUT2D eigenvalue weighted by Crippen LogP contribution is 2.28. The molecule has 0 aromatic carbocycles. The number of anilines is 1. The van der Waals surface area contributed by atoms with Gasteiger partial charge >= 0.3 is 6.18 Å². The first kappa shape index (κ1) is 9.79. The first-order chi connectivity index (χ1) is 5.93. The van der Waals surface area contributed by atoms with E-state index < -0.39 is 11.9 Å². The van der Waals surface area contributed by atoms with E-state index in [9.17, 15) is 13.2 Å². The van der Waals surface area contributed by atoms with Gasteiger partial charge in [0.1, 0.15) is 11.5 Å². The number of hydrogen-bond acceptors (Lipinski definition) is 3. The summed E-state index contributed by atoms with van der Waals surface area (Å²) in [6, 6.07) is 2.38. The van der Waals surface area contributed by atoms with Gasteiger partial charge < -0.3 is 5.43 Å². The fraction of sp³-hybridized carbons (Fsp3) is 0.286. The van der Waals surface area contributed by atoms with Gasteiger partial charge in [0, 0.05) is 0 Å². The van der Waals surface area contributed by atoms with Crippen LogP contribution in [-0.4, -0.2) is 4.98 Å². The van der Waals surface area contributed by atoms with Gasteiger partial charge in [-0.05, 0) is 24.6 Å². The molecule has 72 valence electrons. The van der Waals surface area contributed by atoms with Crippen molar-refractivity contribution in [2.75, 3.05) is 5.43 Å². The summed E-state index contributed by atoms with van der Waals surface area (Å²) in [5.41, 5.74) is 1.58. The number of rotatable bonds is 1. The zero-order valence-corrected chi connectivity index (χ0v) is 6.81. The minimum atomic E-state index is -4.43. The van der Waals surface area contributed by atoms with Crippen LogP contribution in [0.25, 0.3) is 0 Å². The number of hydrazine groups is 1. The molecule has 0 bridgehead atoms. The molecule has 0 aliphatic heterocycles. The van der Waals surface area contributed by atoms with E-state index in [4.69, 9.17) is 5.84 Å². The second kappa shape index (κ2) is 3.21. The molecule has 0 aliphatic rings. The standard InChI is InChI=1S/C7H8F3N3/c1-4-2-5(7(8,9)10)12-6(3-4)13-11/h2-3H,11H2,1H3,(H,12,13). The molecule has 0 unspecified atom stereocenters. The van der Waals surface area contributed by atoms with Crippen molar-refractivity contribution in [2.24, 2.45) is 5.84 Å². The number of aromatic nitrogens is 1. The normalized spacial score (nSPS) is 11.5. The van der Waals surface area contributed by atoms with E-state index >= 15 is 0 Å². The number of hydrogen-bond donors (Lipinski definition) is 2. The lowest BCUT2D eigenvalue weighted by Crippen LogP contribution is -2.13. The molecule has 3 N–H and O–H groups in total. The first-order valence-corrected chi connectivity index (χ1v) is 3.46. The lowest BCUT2D eigenvalue weighted by Gasteiger charge is -2.08. The molecule has 0 aliphatic carbocycles. The maximum Gasteiger partial charge on any atom is 0.433 e. The molecule has 1 rings (SSSR count). The molecule has 0 saturated heterocycles. The Labute approximate surface area is 72.7 Å². The zero-order chi connectivity index (χ0) is 10.1. The van der Waals surface area contributed by atoms with E-state index in [1.165, 1.54) is 13.0 Å². The Morgan fingerprint density at radius 2 is 2.00 bits per heavy atom. The van der Waals surface area contributed by atoms with Crippen LogP contribution in [0.5, 0.6) is 0 Å². The van der Waals surface area contributed by atoms with Crippen molar-refractivity contribution in [3.8, 4) is 0 Å². The summed E-state index contributed by atoms with van der Waals surface area (Å²) in [6.07, 6.45) is -4.43. The second-order valence-corrected chi connectivity index (χ2v) is 2.56. The Hall–Kier alpha value is -1.30. The summed E-state index contributed by atoms with van der Waals surface area (Å²) in [5.74, 6) is 4.96. The van der Waals surface area contributed by atoms with Gasteiger partial charge in [-0.1, -0.05) is 0 Å². The average molecular weight is 191 g/mol. The summed E-state index contributed by atoms with van der Waals surface area (Å²) in [7, 11) is 0. The van der Waals surface area contributed by atoms with Crippen LogP contribution in [-0.2, 0) is 6.18 Å². The van der Waals surface area contributed by atoms with Crippen molar-refractivity contribution in [1.82, 2.24) is 4.98 Å². The molecule has 0 spiro atoms. The Morgan fingerprint density at radius 3 is 2.46 bits per heavy atom. The predicted octanol–water partition coefficient (Wildman–Crippen LogP) is 1.69. The maximum absolute atomic E-state index is 12.2. The summed E-state index contributed by atoms with van der Waals surface area (Å²) < 4.78 is 36.5. The average Bonchev–Trinajstić information content (AvgIpc) is 2.01. The molecule has 1 aromatic heterocycles. The largest absolute Gasteiger partial charge is 0.433 e. The van der Waals surface area contributed by atoms with Gasteiger partial charge in [-0.25, -0.2) is 10.8 Å². The summed E-state index contributed by atoms with van der Waals surface area (Å²) >= 11 is 0. The van der Waals surface area contributed by atoms with Crippen LogP contribution < -0.4 is 11.3 Å². The van der Waals surface area contributed by atoms with Gasteiger partial charge in [-0.2, -0.15) is 13.2 Å². The number of halogens is 3. The lowest BCUT2D eigenvalue weighted by molar-refractivity contribution is -0.141. The van der Waals surface area contributed by atoms with Gasteiger partial charge in [0.25, 0.3) is 0 Å². The van der Waals surface area contributed by atoms with Crippen LogP contribution in [0.3, 0.4) is 0 Å². The predicted molar refractivity (Wildman–Crippen MR) is 41.8 cm³/mol. The number of nitrogen functional groups attached to an aromatic ring is 1. The Balaban J connectivity index is 3.16. The van der Waals surface area contributed by atoms with E-state index in [2.05, 4.69) is 10.4 Å². The highest BCUT2D eigenvalue weighted by Gasteiger charge is 2.32. The van der Waals surface area contributed by atoms with Crippen LogP contribution >= 0.6 is 0 Å². The summed E-state index contributed by atoms with van der Waals surface area (Å²) in [6.45, 7) is 1.54. The molecule has 0 atom stereocenters. The quantitative estimate of drug-likeness (QED) is 0.524.